The van der Waals surface area contributed by atoms with Crippen LogP contribution in [0.15, 0.2) is 84.9 Å². The molecule has 3 rings (SSSR count). The van der Waals surface area contributed by atoms with E-state index in [1.807, 2.05) is 91.9 Å². The summed E-state index contributed by atoms with van der Waals surface area (Å²) in [5.74, 6) is -0.219. The van der Waals surface area contributed by atoms with Crippen LogP contribution in [0.5, 0.6) is 11.5 Å². The second-order valence-corrected chi connectivity index (χ2v) is 17.6. The van der Waals surface area contributed by atoms with Crippen LogP contribution in [-0.2, 0) is 26.8 Å². The number of para-hydroxylation sites is 1. The number of hydrogen-bond donors (Lipinski definition) is 2. The standard InChI is InChI=1S/C36H49NO6Si/c1-7-8-23-41-35(40)37-32(25-27-15-11-9-12-16-27)33(43-44(5,6)36(2,3)4)26-29(34(38)39)24-28-19-21-31(22-20-28)42-30-17-13-10-14-18-30/h9-22,29,32-33H,7-8,23-26H2,1-6H3,(H,37,40)(H,38,39)/t29-,32+,33+/m1/s1. The Morgan fingerprint density at radius 1 is 0.841 bits per heavy atom. The van der Waals surface area contributed by atoms with Gasteiger partial charge in [0.2, 0.25) is 0 Å². The first-order chi connectivity index (χ1) is 20.9. The van der Waals surface area contributed by atoms with Gasteiger partial charge >= 0.3 is 12.1 Å². The molecule has 7 nitrogen and oxygen atoms in total. The van der Waals surface area contributed by atoms with Crippen LogP contribution < -0.4 is 10.1 Å². The topological polar surface area (TPSA) is 94.1 Å². The maximum Gasteiger partial charge on any atom is 0.407 e. The van der Waals surface area contributed by atoms with Gasteiger partial charge in [-0.25, -0.2) is 4.79 Å². The molecular formula is C36H49NO6Si. The number of carboxylic acids is 1. The number of rotatable bonds is 16. The van der Waals surface area contributed by atoms with Crippen molar-refractivity contribution in [3.05, 3.63) is 96.1 Å². The van der Waals surface area contributed by atoms with Gasteiger partial charge in [0.1, 0.15) is 11.5 Å². The Kier molecular flexibility index (Phi) is 13.0. The molecule has 0 fully saturated rings. The summed E-state index contributed by atoms with van der Waals surface area (Å²) in [4.78, 5) is 25.7. The average Bonchev–Trinajstić information content (AvgIpc) is 2.97. The average molecular weight is 620 g/mol. The molecule has 8 heteroatoms. The summed E-state index contributed by atoms with van der Waals surface area (Å²) in [5.41, 5.74) is 1.91. The first kappa shape index (κ1) is 34.9. The molecule has 0 aromatic heterocycles. The Labute approximate surface area is 264 Å². The van der Waals surface area contributed by atoms with E-state index in [2.05, 4.69) is 39.2 Å². The Balaban J connectivity index is 1.88. The van der Waals surface area contributed by atoms with E-state index in [1.54, 1.807) is 0 Å². The third-order valence-electron chi connectivity index (χ3n) is 8.28. The SMILES string of the molecule is CCCCOC(=O)N[C@@H](Cc1ccccc1)[C@H](C[C@@H](Cc1ccc(Oc2ccccc2)cc1)C(=O)O)O[Si](C)(C)C(C)(C)C. The Morgan fingerprint density at radius 2 is 1.41 bits per heavy atom. The Bertz CT molecular complexity index is 1290. The third kappa shape index (κ3) is 11.1. The van der Waals surface area contributed by atoms with E-state index in [-0.39, 0.29) is 11.5 Å². The van der Waals surface area contributed by atoms with E-state index >= 15 is 0 Å². The Morgan fingerprint density at radius 3 is 1.98 bits per heavy atom. The second kappa shape index (κ2) is 16.4. The maximum absolute atomic E-state index is 13.0. The lowest BCUT2D eigenvalue weighted by Crippen LogP contribution is -2.53. The minimum Gasteiger partial charge on any atom is -0.481 e. The minimum atomic E-state index is -2.37. The zero-order chi connectivity index (χ0) is 32.2. The van der Waals surface area contributed by atoms with Crippen LogP contribution in [0.25, 0.3) is 0 Å². The first-order valence-electron chi connectivity index (χ1n) is 15.6. The number of carboxylic acid groups (broad SMARTS) is 1. The number of carbonyl (C=O) groups is 2. The van der Waals surface area contributed by atoms with Gasteiger partial charge in [0.05, 0.1) is 24.7 Å². The van der Waals surface area contributed by atoms with E-state index in [0.717, 1.165) is 29.7 Å². The number of aliphatic carboxylic acids is 1. The number of nitrogens with one attached hydrogen (secondary N) is 1. The molecule has 0 aliphatic carbocycles. The van der Waals surface area contributed by atoms with Crippen molar-refractivity contribution in [2.75, 3.05) is 6.61 Å². The molecule has 0 aliphatic rings. The molecule has 0 unspecified atom stereocenters. The molecule has 0 radical (unpaired) electrons. The van der Waals surface area contributed by atoms with Gasteiger partial charge in [0.15, 0.2) is 8.32 Å². The highest BCUT2D eigenvalue weighted by Gasteiger charge is 2.42. The summed E-state index contributed by atoms with van der Waals surface area (Å²) in [6, 6.07) is 26.5. The summed E-state index contributed by atoms with van der Waals surface area (Å²) in [6.07, 6.45) is 1.67. The summed E-state index contributed by atoms with van der Waals surface area (Å²) >= 11 is 0. The monoisotopic (exact) mass is 619 g/mol. The third-order valence-corrected chi connectivity index (χ3v) is 12.8. The molecule has 238 valence electrons. The van der Waals surface area contributed by atoms with E-state index in [1.165, 1.54) is 0 Å². The number of hydrogen-bond acceptors (Lipinski definition) is 5. The fourth-order valence-electron chi connectivity index (χ4n) is 4.65. The van der Waals surface area contributed by atoms with Gasteiger partial charge in [-0.05, 0) is 79.2 Å². The fraction of sp³-hybridized carbons (Fsp3) is 0.444. The van der Waals surface area contributed by atoms with E-state index in [0.29, 0.717) is 25.2 Å². The number of benzene rings is 3. The highest BCUT2D eigenvalue weighted by molar-refractivity contribution is 6.74. The van der Waals surface area contributed by atoms with Crippen LogP contribution in [0.4, 0.5) is 4.79 Å². The molecule has 3 aromatic carbocycles. The zero-order valence-electron chi connectivity index (χ0n) is 27.0. The molecule has 0 bridgehead atoms. The molecular weight excluding hydrogens is 570 g/mol. The lowest BCUT2D eigenvalue weighted by atomic mass is 9.89. The van der Waals surface area contributed by atoms with Gasteiger partial charge in [0, 0.05) is 0 Å². The normalized spacial score (nSPS) is 13.9. The summed E-state index contributed by atoms with van der Waals surface area (Å²) in [6.45, 7) is 13.1. The highest BCUT2D eigenvalue weighted by Crippen LogP contribution is 2.39. The van der Waals surface area contributed by atoms with E-state index in [4.69, 9.17) is 13.9 Å². The number of carbonyl (C=O) groups excluding carboxylic acids is 1. The van der Waals surface area contributed by atoms with Crippen LogP contribution in [0.1, 0.15) is 58.1 Å². The second-order valence-electron chi connectivity index (χ2n) is 12.9. The molecule has 3 atom stereocenters. The molecule has 2 N–H and O–H groups in total. The number of ether oxygens (including phenoxy) is 2. The first-order valence-corrected chi connectivity index (χ1v) is 18.5. The van der Waals surface area contributed by atoms with Gasteiger partial charge in [-0.1, -0.05) is 94.8 Å². The lowest BCUT2D eigenvalue weighted by Gasteiger charge is -2.42. The van der Waals surface area contributed by atoms with Crippen molar-refractivity contribution in [1.82, 2.24) is 5.32 Å². The predicted octanol–water partition coefficient (Wildman–Crippen LogP) is 8.64. The summed E-state index contributed by atoms with van der Waals surface area (Å²) < 4.78 is 18.3. The fourth-order valence-corrected chi connectivity index (χ4v) is 6.02. The van der Waals surface area contributed by atoms with Crippen molar-refractivity contribution in [2.45, 2.75) is 90.1 Å². The van der Waals surface area contributed by atoms with Gasteiger partial charge in [-0.3, -0.25) is 4.79 Å². The van der Waals surface area contributed by atoms with Crippen LogP contribution in [0, 0.1) is 5.92 Å². The molecule has 0 saturated heterocycles. The van der Waals surface area contributed by atoms with Crippen LogP contribution in [0.2, 0.25) is 18.1 Å². The van der Waals surface area contributed by atoms with Gasteiger partial charge in [0.25, 0.3) is 0 Å². The van der Waals surface area contributed by atoms with Crippen LogP contribution >= 0.6 is 0 Å². The molecule has 0 aliphatic heterocycles. The molecule has 3 aromatic rings. The maximum atomic E-state index is 13.0. The van der Waals surface area contributed by atoms with Gasteiger partial charge in [-0.2, -0.15) is 0 Å². The quantitative estimate of drug-likeness (QED) is 0.123. The number of alkyl carbamates (subject to hydrolysis) is 1. The largest absolute Gasteiger partial charge is 0.481 e. The number of unbranched alkanes of at least 4 members (excludes halogenated alkanes) is 1. The predicted molar refractivity (Wildman–Crippen MR) is 178 cm³/mol. The molecule has 44 heavy (non-hydrogen) atoms. The van der Waals surface area contributed by atoms with Crippen molar-refractivity contribution in [2.24, 2.45) is 5.92 Å². The Hall–Kier alpha value is -3.62. The minimum absolute atomic E-state index is 0.114. The molecule has 1 amide bonds. The van der Waals surface area contributed by atoms with Crippen molar-refractivity contribution < 1.29 is 28.6 Å². The van der Waals surface area contributed by atoms with Crippen molar-refractivity contribution >= 4 is 20.4 Å². The highest BCUT2D eigenvalue weighted by atomic mass is 28.4. The lowest BCUT2D eigenvalue weighted by molar-refractivity contribution is -0.142. The van der Waals surface area contributed by atoms with Crippen molar-refractivity contribution in [1.29, 1.82) is 0 Å². The van der Waals surface area contributed by atoms with Crippen molar-refractivity contribution in [3.63, 3.8) is 0 Å². The molecule has 0 spiro atoms. The molecule has 0 heterocycles. The van der Waals surface area contributed by atoms with Gasteiger partial charge < -0.3 is 24.3 Å². The summed E-state index contributed by atoms with van der Waals surface area (Å²) in [5, 5.41) is 13.4. The van der Waals surface area contributed by atoms with E-state index < -0.39 is 38.4 Å². The zero-order valence-corrected chi connectivity index (χ0v) is 28.0. The van der Waals surface area contributed by atoms with Crippen LogP contribution in [-0.4, -0.2) is 44.2 Å². The number of amides is 1. The summed E-state index contributed by atoms with van der Waals surface area (Å²) in [7, 11) is -2.37. The van der Waals surface area contributed by atoms with Crippen molar-refractivity contribution in [3.8, 4) is 11.5 Å². The van der Waals surface area contributed by atoms with Gasteiger partial charge in [-0.15, -0.1) is 0 Å². The van der Waals surface area contributed by atoms with E-state index in [9.17, 15) is 14.7 Å². The molecule has 0 saturated carbocycles. The smallest absolute Gasteiger partial charge is 0.407 e. The van der Waals surface area contributed by atoms with Crippen LogP contribution in [0.3, 0.4) is 0 Å².